The lowest BCUT2D eigenvalue weighted by atomic mass is 9.97. The Kier molecular flexibility index (Phi) is 7.13. The molecule has 2 heterocycles. The van der Waals surface area contributed by atoms with E-state index in [-0.39, 0.29) is 35.6 Å². The number of thiophene rings is 1. The highest BCUT2D eigenvalue weighted by Gasteiger charge is 2.34. The number of ether oxygens (including phenoxy) is 2. The third-order valence-electron chi connectivity index (χ3n) is 5.74. The first-order valence-electron chi connectivity index (χ1n) is 10.5. The van der Waals surface area contributed by atoms with Crippen molar-refractivity contribution in [2.24, 2.45) is 5.92 Å². The number of fused-ring (bicyclic) bond motifs is 1. The molecule has 8 nitrogen and oxygen atoms in total. The van der Waals surface area contributed by atoms with Gasteiger partial charge in [0.1, 0.15) is 15.5 Å². The Balaban J connectivity index is 1.42. The van der Waals surface area contributed by atoms with Crippen LogP contribution in [0.1, 0.15) is 22.5 Å². The number of piperidine rings is 1. The van der Waals surface area contributed by atoms with Gasteiger partial charge in [0.05, 0.1) is 14.2 Å². The minimum Gasteiger partial charge on any atom is -0.495 e. The van der Waals surface area contributed by atoms with E-state index in [0.29, 0.717) is 28.4 Å². The predicted molar refractivity (Wildman–Crippen MR) is 131 cm³/mol. The lowest BCUT2D eigenvalue weighted by Gasteiger charge is -2.31. The van der Waals surface area contributed by atoms with Crippen molar-refractivity contribution in [3.8, 4) is 5.75 Å². The van der Waals surface area contributed by atoms with E-state index in [9.17, 15) is 18.0 Å². The molecule has 180 valence electrons. The second-order valence-corrected chi connectivity index (χ2v) is 11.2. The highest BCUT2D eigenvalue weighted by molar-refractivity contribution is 7.89. The number of carbonyl (C=O) groups excluding carboxylic acids is 2. The van der Waals surface area contributed by atoms with Crippen LogP contribution in [-0.2, 0) is 19.6 Å². The van der Waals surface area contributed by atoms with Crippen LogP contribution in [0.5, 0.6) is 5.75 Å². The number of halogens is 1. The average molecular weight is 523 g/mol. The summed E-state index contributed by atoms with van der Waals surface area (Å²) in [7, 11) is -1.07. The molecule has 34 heavy (non-hydrogen) atoms. The van der Waals surface area contributed by atoms with Gasteiger partial charge < -0.3 is 14.8 Å². The summed E-state index contributed by atoms with van der Waals surface area (Å²) in [6.07, 6.45) is 0.780. The zero-order valence-corrected chi connectivity index (χ0v) is 20.9. The van der Waals surface area contributed by atoms with E-state index in [1.807, 2.05) is 6.07 Å². The molecule has 0 unspecified atom stereocenters. The van der Waals surface area contributed by atoms with Gasteiger partial charge in [-0.05, 0) is 60.7 Å². The monoisotopic (exact) mass is 522 g/mol. The van der Waals surface area contributed by atoms with Crippen LogP contribution in [0.2, 0.25) is 5.02 Å². The Labute approximate surface area is 206 Å². The highest BCUT2D eigenvalue weighted by atomic mass is 35.5. The molecule has 0 radical (unpaired) electrons. The van der Waals surface area contributed by atoms with Gasteiger partial charge in [-0.2, -0.15) is 4.31 Å². The van der Waals surface area contributed by atoms with Crippen molar-refractivity contribution in [3.05, 3.63) is 52.4 Å². The van der Waals surface area contributed by atoms with Gasteiger partial charge in [0.15, 0.2) is 0 Å². The summed E-state index contributed by atoms with van der Waals surface area (Å²) in [4.78, 5) is 25.1. The van der Waals surface area contributed by atoms with Crippen molar-refractivity contribution in [2.75, 3.05) is 32.6 Å². The maximum absolute atomic E-state index is 13.1. The number of carbonyl (C=O) groups is 2. The predicted octanol–water partition coefficient (Wildman–Crippen LogP) is 4.39. The van der Waals surface area contributed by atoms with E-state index >= 15 is 0 Å². The molecule has 1 aliphatic rings. The van der Waals surface area contributed by atoms with Crippen LogP contribution in [0.4, 0.5) is 5.69 Å². The van der Waals surface area contributed by atoms with E-state index in [2.05, 4.69) is 5.32 Å². The molecule has 0 atom stereocenters. The van der Waals surface area contributed by atoms with E-state index in [1.165, 1.54) is 42.0 Å². The third-order valence-corrected chi connectivity index (χ3v) is 8.99. The number of nitrogens with zero attached hydrogens (tertiary/aromatic N) is 1. The van der Waals surface area contributed by atoms with Gasteiger partial charge in [-0.1, -0.05) is 11.6 Å². The lowest BCUT2D eigenvalue weighted by molar-refractivity contribution is -0.120. The number of hydrogen-bond acceptors (Lipinski definition) is 7. The number of benzene rings is 2. The summed E-state index contributed by atoms with van der Waals surface area (Å²) < 4.78 is 38.5. The Morgan fingerprint density at radius 2 is 1.82 bits per heavy atom. The van der Waals surface area contributed by atoms with Crippen LogP contribution in [0, 0.1) is 5.92 Å². The minimum atomic E-state index is -3.81. The fraction of sp³-hybridized carbons (Fsp3) is 0.304. The van der Waals surface area contributed by atoms with Crippen molar-refractivity contribution in [2.45, 2.75) is 17.7 Å². The van der Waals surface area contributed by atoms with Crippen LogP contribution >= 0.6 is 22.9 Å². The summed E-state index contributed by atoms with van der Waals surface area (Å²) >= 11 is 7.33. The van der Waals surface area contributed by atoms with Crippen LogP contribution in [0.15, 0.2) is 47.4 Å². The molecule has 2 aromatic carbocycles. The van der Waals surface area contributed by atoms with Crippen LogP contribution in [-0.4, -0.2) is 51.9 Å². The van der Waals surface area contributed by atoms with Crippen molar-refractivity contribution in [3.63, 3.8) is 0 Å². The zero-order valence-electron chi connectivity index (χ0n) is 18.5. The zero-order chi connectivity index (χ0) is 24.5. The Morgan fingerprint density at radius 1 is 1.09 bits per heavy atom. The summed E-state index contributed by atoms with van der Waals surface area (Å²) in [6, 6.07) is 11.6. The number of amides is 1. The van der Waals surface area contributed by atoms with Gasteiger partial charge in [0.25, 0.3) is 0 Å². The lowest BCUT2D eigenvalue weighted by Crippen LogP contribution is -2.41. The molecule has 11 heteroatoms. The van der Waals surface area contributed by atoms with Crippen LogP contribution < -0.4 is 10.1 Å². The van der Waals surface area contributed by atoms with E-state index in [4.69, 9.17) is 21.1 Å². The normalized spacial score (nSPS) is 15.3. The third kappa shape index (κ3) is 4.90. The van der Waals surface area contributed by atoms with E-state index in [1.54, 1.807) is 24.3 Å². The number of methoxy groups -OCH3 is 2. The number of rotatable bonds is 6. The summed E-state index contributed by atoms with van der Waals surface area (Å²) in [5.41, 5.74) is 0.616. The van der Waals surface area contributed by atoms with Gasteiger partial charge in [0, 0.05) is 34.4 Å². The van der Waals surface area contributed by atoms with Crippen LogP contribution in [0.3, 0.4) is 0 Å². The largest absolute Gasteiger partial charge is 0.495 e. The Morgan fingerprint density at radius 3 is 2.50 bits per heavy atom. The highest BCUT2D eigenvalue weighted by Crippen LogP contribution is 2.33. The molecule has 0 saturated carbocycles. The molecule has 1 aromatic heterocycles. The number of sulfonamides is 1. The smallest absolute Gasteiger partial charge is 0.348 e. The van der Waals surface area contributed by atoms with Gasteiger partial charge in [-0.3, -0.25) is 4.79 Å². The second kappa shape index (κ2) is 9.91. The molecule has 1 N–H and O–H groups in total. The Hall–Kier alpha value is -2.66. The van der Waals surface area contributed by atoms with Gasteiger partial charge in [-0.25, -0.2) is 13.2 Å². The SMILES string of the molecule is COC(=O)c1cc2cc(NC(=O)C3CCN(S(=O)(=O)c4cc(Cl)ccc4OC)CC3)ccc2s1. The minimum absolute atomic E-state index is 0.0146. The van der Waals surface area contributed by atoms with Crippen molar-refractivity contribution in [1.29, 1.82) is 0 Å². The van der Waals surface area contributed by atoms with E-state index < -0.39 is 16.0 Å². The topological polar surface area (TPSA) is 102 Å². The molecule has 0 bridgehead atoms. The molecule has 0 spiro atoms. The first-order valence-corrected chi connectivity index (χ1v) is 13.1. The van der Waals surface area contributed by atoms with Gasteiger partial charge in [0.2, 0.25) is 15.9 Å². The van der Waals surface area contributed by atoms with Gasteiger partial charge in [-0.15, -0.1) is 11.3 Å². The van der Waals surface area contributed by atoms with Gasteiger partial charge >= 0.3 is 5.97 Å². The quantitative estimate of drug-likeness (QED) is 0.482. The van der Waals surface area contributed by atoms with E-state index in [0.717, 1.165) is 10.1 Å². The van der Waals surface area contributed by atoms with Crippen molar-refractivity contribution >= 4 is 60.6 Å². The Bertz CT molecular complexity index is 1350. The fourth-order valence-corrected chi connectivity index (χ4v) is 6.77. The fourth-order valence-electron chi connectivity index (χ4n) is 3.92. The average Bonchev–Trinajstić information content (AvgIpc) is 3.27. The molecular formula is C23H23ClN2O6S2. The van der Waals surface area contributed by atoms with Crippen molar-refractivity contribution in [1.82, 2.24) is 4.31 Å². The van der Waals surface area contributed by atoms with Crippen molar-refractivity contribution < 1.29 is 27.5 Å². The first kappa shape index (κ1) is 24.5. The molecule has 3 aromatic rings. The molecule has 1 saturated heterocycles. The maximum Gasteiger partial charge on any atom is 0.348 e. The number of esters is 1. The number of anilines is 1. The number of hydrogen-bond donors (Lipinski definition) is 1. The molecule has 0 aliphatic carbocycles. The summed E-state index contributed by atoms with van der Waals surface area (Å²) in [6.45, 7) is 0.421. The summed E-state index contributed by atoms with van der Waals surface area (Å²) in [5.74, 6) is -0.663. The number of nitrogens with one attached hydrogen (secondary N) is 1. The molecular weight excluding hydrogens is 500 g/mol. The molecule has 1 amide bonds. The molecule has 1 fully saturated rings. The standard InChI is InChI=1S/C23H23ClN2O6S2/c1-31-18-5-3-16(24)13-21(18)34(29,30)26-9-7-14(8-10-26)22(27)25-17-4-6-19-15(11-17)12-20(33-19)23(28)32-2/h3-6,11-14H,7-10H2,1-2H3,(H,25,27). The molecule has 4 rings (SSSR count). The maximum atomic E-state index is 13.1. The first-order chi connectivity index (χ1) is 16.2. The summed E-state index contributed by atoms with van der Waals surface area (Å²) in [5, 5.41) is 4.05. The van der Waals surface area contributed by atoms with Crippen LogP contribution in [0.25, 0.3) is 10.1 Å². The molecule has 1 aliphatic heterocycles. The second-order valence-electron chi connectivity index (χ2n) is 7.82.